The van der Waals surface area contributed by atoms with Crippen molar-refractivity contribution in [3.8, 4) is 5.75 Å². The van der Waals surface area contributed by atoms with Crippen molar-refractivity contribution in [2.75, 3.05) is 7.11 Å². The molecular formula is C15H13BrN4O3. The number of aromatic hydroxyl groups is 1. The highest BCUT2D eigenvalue weighted by Gasteiger charge is 2.01. The fourth-order valence-corrected chi connectivity index (χ4v) is 1.95. The highest BCUT2D eigenvalue weighted by Crippen LogP contribution is 2.25. The van der Waals surface area contributed by atoms with Crippen molar-refractivity contribution in [2.24, 2.45) is 15.3 Å². The Hall–Kier alpha value is -2.74. The van der Waals surface area contributed by atoms with Gasteiger partial charge in [-0.25, -0.2) is 10.2 Å². The lowest BCUT2D eigenvalue weighted by Gasteiger charge is -2.00. The molecule has 1 amide bonds. The Bertz CT molecular complexity index is 762. The molecule has 2 aromatic rings. The fourth-order valence-electron chi connectivity index (χ4n) is 1.56. The number of amides is 1. The van der Waals surface area contributed by atoms with Gasteiger partial charge < -0.3 is 9.84 Å². The van der Waals surface area contributed by atoms with Crippen LogP contribution in [0.15, 0.2) is 62.3 Å². The molecule has 8 heteroatoms. The zero-order valence-electron chi connectivity index (χ0n) is 12.1. The minimum absolute atomic E-state index is 0.00169. The first-order chi connectivity index (χ1) is 11.1. The van der Waals surface area contributed by atoms with E-state index in [1.165, 1.54) is 19.4 Å². The van der Waals surface area contributed by atoms with E-state index in [1.807, 2.05) is 24.3 Å². The summed E-state index contributed by atoms with van der Waals surface area (Å²) < 4.78 is 5.28. The van der Waals surface area contributed by atoms with Gasteiger partial charge in [-0.15, -0.1) is 0 Å². The van der Waals surface area contributed by atoms with Crippen molar-refractivity contribution in [1.82, 2.24) is 5.43 Å². The van der Waals surface area contributed by atoms with Crippen LogP contribution >= 0.6 is 15.9 Å². The van der Waals surface area contributed by atoms with Crippen molar-refractivity contribution < 1.29 is 14.6 Å². The molecule has 0 radical (unpaired) electrons. The second-order valence-electron chi connectivity index (χ2n) is 4.28. The third-order valence-electron chi connectivity index (χ3n) is 2.65. The number of hydrazone groups is 1. The number of carbonyl (C=O) groups is 1. The number of phenols is 1. The van der Waals surface area contributed by atoms with Crippen LogP contribution in [0.5, 0.6) is 5.75 Å². The molecule has 0 heterocycles. The minimum atomic E-state index is -0.703. The van der Waals surface area contributed by atoms with Crippen LogP contribution in [0.2, 0.25) is 0 Å². The standard InChI is InChI=1S/C15H13BrN4O3/c1-23-15(22)20-17-9-10-7-13(5-6-14(10)21)19-18-12-4-2-3-11(16)8-12/h2-9,21H,1H3,(H,20,22). The van der Waals surface area contributed by atoms with Gasteiger partial charge in [-0.2, -0.15) is 15.3 Å². The first-order valence-corrected chi connectivity index (χ1v) is 7.25. The third kappa shape index (κ3) is 5.19. The number of hydrogen-bond donors (Lipinski definition) is 2. The van der Waals surface area contributed by atoms with Crippen LogP contribution in [0.3, 0.4) is 0 Å². The summed E-state index contributed by atoms with van der Waals surface area (Å²) in [5.41, 5.74) is 3.73. The SMILES string of the molecule is COC(=O)NN=Cc1cc(N=Nc2cccc(Br)c2)ccc1O. The lowest BCUT2D eigenvalue weighted by Crippen LogP contribution is -2.16. The summed E-state index contributed by atoms with van der Waals surface area (Å²) in [6, 6.07) is 12.0. The maximum absolute atomic E-state index is 10.9. The van der Waals surface area contributed by atoms with Crippen LogP contribution in [-0.2, 0) is 4.74 Å². The number of hydrogen-bond acceptors (Lipinski definition) is 6. The van der Waals surface area contributed by atoms with Crippen LogP contribution in [0.1, 0.15) is 5.56 Å². The molecular weight excluding hydrogens is 364 g/mol. The number of nitrogens with zero attached hydrogens (tertiary/aromatic N) is 3. The van der Waals surface area contributed by atoms with Crippen molar-refractivity contribution in [2.45, 2.75) is 0 Å². The Morgan fingerprint density at radius 1 is 1.22 bits per heavy atom. The van der Waals surface area contributed by atoms with Crippen LogP contribution in [0.4, 0.5) is 16.2 Å². The number of halogens is 1. The highest BCUT2D eigenvalue weighted by molar-refractivity contribution is 9.10. The van der Waals surface area contributed by atoms with E-state index >= 15 is 0 Å². The molecule has 23 heavy (non-hydrogen) atoms. The molecule has 2 rings (SSSR count). The van der Waals surface area contributed by atoms with E-state index in [9.17, 15) is 9.90 Å². The van der Waals surface area contributed by atoms with Crippen molar-refractivity contribution in [1.29, 1.82) is 0 Å². The molecule has 2 aromatic carbocycles. The van der Waals surface area contributed by atoms with Crippen molar-refractivity contribution in [3.63, 3.8) is 0 Å². The van der Waals surface area contributed by atoms with Crippen molar-refractivity contribution in [3.05, 3.63) is 52.5 Å². The van der Waals surface area contributed by atoms with Gasteiger partial charge >= 0.3 is 6.09 Å². The summed E-state index contributed by atoms with van der Waals surface area (Å²) in [4.78, 5) is 10.9. The van der Waals surface area contributed by atoms with Gasteiger partial charge in [0.05, 0.1) is 24.7 Å². The summed E-state index contributed by atoms with van der Waals surface area (Å²) in [6.45, 7) is 0. The van der Waals surface area contributed by atoms with Crippen molar-refractivity contribution >= 4 is 39.6 Å². The zero-order valence-corrected chi connectivity index (χ0v) is 13.7. The topological polar surface area (TPSA) is 95.6 Å². The van der Waals surface area contributed by atoms with Gasteiger partial charge in [-0.05, 0) is 36.4 Å². The molecule has 7 nitrogen and oxygen atoms in total. The molecule has 0 aliphatic heterocycles. The Balaban J connectivity index is 2.15. The molecule has 0 aliphatic rings. The van der Waals surface area contributed by atoms with Gasteiger partial charge in [0.1, 0.15) is 5.75 Å². The van der Waals surface area contributed by atoms with E-state index in [0.717, 1.165) is 4.47 Å². The molecule has 0 fully saturated rings. The molecule has 0 bridgehead atoms. The van der Waals surface area contributed by atoms with Gasteiger partial charge in [-0.3, -0.25) is 0 Å². The molecule has 0 aromatic heterocycles. The number of azo groups is 1. The molecule has 118 valence electrons. The number of benzene rings is 2. The summed E-state index contributed by atoms with van der Waals surface area (Å²) >= 11 is 3.36. The lowest BCUT2D eigenvalue weighted by atomic mass is 10.2. The van der Waals surface area contributed by atoms with Gasteiger partial charge in [0.25, 0.3) is 0 Å². The van der Waals surface area contributed by atoms with E-state index in [4.69, 9.17) is 0 Å². The van der Waals surface area contributed by atoms with Gasteiger partial charge in [0, 0.05) is 10.0 Å². The van der Waals surface area contributed by atoms with Gasteiger partial charge in [0.15, 0.2) is 0 Å². The van der Waals surface area contributed by atoms with E-state index in [2.05, 4.69) is 41.4 Å². The number of methoxy groups -OCH3 is 1. The van der Waals surface area contributed by atoms with E-state index in [0.29, 0.717) is 16.9 Å². The average Bonchev–Trinajstić information content (AvgIpc) is 2.55. The van der Waals surface area contributed by atoms with Gasteiger partial charge in [0.2, 0.25) is 0 Å². The van der Waals surface area contributed by atoms with Crippen LogP contribution in [-0.4, -0.2) is 24.5 Å². The molecule has 0 atom stereocenters. The second-order valence-corrected chi connectivity index (χ2v) is 5.20. The van der Waals surface area contributed by atoms with Crippen LogP contribution in [0, 0.1) is 0 Å². The molecule has 0 aliphatic carbocycles. The largest absolute Gasteiger partial charge is 0.507 e. The summed E-state index contributed by atoms with van der Waals surface area (Å²) in [5.74, 6) is 0.00169. The van der Waals surface area contributed by atoms with Gasteiger partial charge in [-0.1, -0.05) is 22.0 Å². The summed E-state index contributed by atoms with van der Waals surface area (Å²) in [6.07, 6.45) is 0.580. The fraction of sp³-hybridized carbons (Fsp3) is 0.0667. The third-order valence-corrected chi connectivity index (χ3v) is 3.14. The Labute approximate surface area is 140 Å². The molecule has 0 saturated carbocycles. The first kappa shape index (κ1) is 16.6. The van der Waals surface area contributed by atoms with E-state index < -0.39 is 6.09 Å². The number of carbonyl (C=O) groups excluding carboxylic acids is 1. The zero-order chi connectivity index (χ0) is 16.7. The summed E-state index contributed by atoms with van der Waals surface area (Å²) in [7, 11) is 1.23. The van der Waals surface area contributed by atoms with Crippen LogP contribution < -0.4 is 5.43 Å². The van der Waals surface area contributed by atoms with E-state index in [-0.39, 0.29) is 5.75 Å². The smallest absolute Gasteiger partial charge is 0.427 e. The Kier molecular flexibility index (Phi) is 5.81. The molecule has 0 spiro atoms. The van der Waals surface area contributed by atoms with Crippen LogP contribution in [0.25, 0.3) is 0 Å². The maximum atomic E-state index is 10.9. The summed E-state index contributed by atoms with van der Waals surface area (Å²) in [5, 5.41) is 21.6. The Morgan fingerprint density at radius 2 is 1.96 bits per heavy atom. The molecule has 2 N–H and O–H groups in total. The Morgan fingerprint density at radius 3 is 2.65 bits per heavy atom. The number of phenolic OH excluding ortho intramolecular Hbond substituents is 1. The second kappa shape index (κ2) is 8.04. The predicted molar refractivity (Wildman–Crippen MR) is 89.6 cm³/mol. The monoisotopic (exact) mass is 376 g/mol. The average molecular weight is 377 g/mol. The minimum Gasteiger partial charge on any atom is -0.507 e. The number of rotatable bonds is 4. The number of ether oxygens (including phenoxy) is 1. The molecule has 0 unspecified atom stereocenters. The normalized spacial score (nSPS) is 11.0. The van der Waals surface area contributed by atoms with E-state index in [1.54, 1.807) is 12.1 Å². The number of nitrogens with one attached hydrogen (secondary N) is 1. The lowest BCUT2D eigenvalue weighted by molar-refractivity contribution is 0.171. The first-order valence-electron chi connectivity index (χ1n) is 6.46. The quantitative estimate of drug-likeness (QED) is 0.473. The highest BCUT2D eigenvalue weighted by atomic mass is 79.9. The maximum Gasteiger partial charge on any atom is 0.427 e. The molecule has 0 saturated heterocycles. The predicted octanol–water partition coefficient (Wildman–Crippen LogP) is 4.26.